The van der Waals surface area contributed by atoms with Crippen molar-refractivity contribution in [1.29, 1.82) is 0 Å². The van der Waals surface area contributed by atoms with E-state index < -0.39 is 5.79 Å². The van der Waals surface area contributed by atoms with Crippen molar-refractivity contribution in [2.24, 2.45) is 0 Å². The summed E-state index contributed by atoms with van der Waals surface area (Å²) in [6.45, 7) is 3.09. The number of piperidine rings is 1. The second kappa shape index (κ2) is 7.83. The SMILES string of the molecule is O=C(CCCn1c(=O)c2cccn2c2ccc(Br)cc21)N1CCC2(CC1)OCCO2. The van der Waals surface area contributed by atoms with Crippen LogP contribution in [0.1, 0.15) is 25.7 Å². The largest absolute Gasteiger partial charge is 0.347 e. The molecule has 2 aromatic heterocycles. The van der Waals surface area contributed by atoms with Crippen LogP contribution in [0.2, 0.25) is 0 Å². The molecule has 1 aromatic carbocycles. The smallest absolute Gasteiger partial charge is 0.275 e. The van der Waals surface area contributed by atoms with Gasteiger partial charge in [-0.2, -0.15) is 0 Å². The lowest BCUT2D eigenvalue weighted by molar-refractivity contribution is -0.187. The van der Waals surface area contributed by atoms with Gasteiger partial charge in [-0.1, -0.05) is 15.9 Å². The molecule has 2 aliphatic heterocycles. The van der Waals surface area contributed by atoms with Gasteiger partial charge in [0.15, 0.2) is 5.79 Å². The quantitative estimate of drug-likeness (QED) is 0.583. The van der Waals surface area contributed by atoms with E-state index in [1.54, 1.807) is 4.57 Å². The van der Waals surface area contributed by atoms with Crippen molar-refractivity contribution in [3.63, 3.8) is 0 Å². The summed E-state index contributed by atoms with van der Waals surface area (Å²) >= 11 is 3.51. The molecular weight excluding hydrogens is 450 g/mol. The third-order valence-corrected chi connectivity index (χ3v) is 6.66. The molecule has 0 unspecified atom stereocenters. The van der Waals surface area contributed by atoms with Crippen molar-refractivity contribution in [3.8, 4) is 0 Å². The maximum atomic E-state index is 13.0. The molecule has 0 aliphatic carbocycles. The number of aryl methyl sites for hydroxylation is 1. The molecule has 0 N–H and O–H groups in total. The van der Waals surface area contributed by atoms with E-state index in [0.717, 1.165) is 28.3 Å². The third kappa shape index (κ3) is 3.46. The highest BCUT2D eigenvalue weighted by Gasteiger charge is 2.40. The Morgan fingerprint density at radius 2 is 1.83 bits per heavy atom. The number of hydrogen-bond acceptors (Lipinski definition) is 4. The highest BCUT2D eigenvalue weighted by atomic mass is 79.9. The molecule has 8 heteroatoms. The van der Waals surface area contributed by atoms with E-state index in [-0.39, 0.29) is 11.5 Å². The van der Waals surface area contributed by atoms with E-state index in [4.69, 9.17) is 9.47 Å². The van der Waals surface area contributed by atoms with Gasteiger partial charge >= 0.3 is 0 Å². The maximum absolute atomic E-state index is 13.0. The maximum Gasteiger partial charge on any atom is 0.275 e. The number of aromatic nitrogens is 2. The number of carbonyl (C=O) groups excluding carboxylic acids is 1. The average molecular weight is 474 g/mol. The molecule has 2 fully saturated rings. The Balaban J connectivity index is 1.29. The number of ether oxygens (including phenoxy) is 2. The van der Waals surface area contributed by atoms with Gasteiger partial charge in [0.05, 0.1) is 24.2 Å². The molecule has 7 nitrogen and oxygen atoms in total. The van der Waals surface area contributed by atoms with Crippen LogP contribution in [0.25, 0.3) is 16.6 Å². The van der Waals surface area contributed by atoms with Crippen molar-refractivity contribution in [2.45, 2.75) is 38.0 Å². The van der Waals surface area contributed by atoms with Gasteiger partial charge in [-0.05, 0) is 36.8 Å². The first kappa shape index (κ1) is 19.8. The van der Waals surface area contributed by atoms with Crippen LogP contribution in [0, 0.1) is 0 Å². The number of fused-ring (bicyclic) bond motifs is 3. The van der Waals surface area contributed by atoms with Crippen LogP contribution in [0.3, 0.4) is 0 Å². The first-order valence-electron chi connectivity index (χ1n) is 10.4. The fourth-order valence-electron chi connectivity index (χ4n) is 4.58. The second-order valence-electron chi connectivity index (χ2n) is 7.95. The van der Waals surface area contributed by atoms with E-state index in [1.807, 2.05) is 45.8 Å². The molecule has 0 radical (unpaired) electrons. The molecule has 0 bridgehead atoms. The fourth-order valence-corrected chi connectivity index (χ4v) is 4.93. The van der Waals surface area contributed by atoms with Crippen LogP contribution in [0.5, 0.6) is 0 Å². The van der Waals surface area contributed by atoms with Crippen LogP contribution < -0.4 is 5.56 Å². The molecule has 1 amide bonds. The van der Waals surface area contributed by atoms with Crippen LogP contribution in [-0.4, -0.2) is 51.9 Å². The lowest BCUT2D eigenvalue weighted by atomic mass is 10.0. The van der Waals surface area contributed by atoms with Gasteiger partial charge in [0, 0.05) is 49.6 Å². The summed E-state index contributed by atoms with van der Waals surface area (Å²) in [6.07, 6.45) is 4.39. The number of amides is 1. The molecule has 5 rings (SSSR count). The minimum atomic E-state index is -0.469. The van der Waals surface area contributed by atoms with Crippen LogP contribution in [0.4, 0.5) is 0 Å². The van der Waals surface area contributed by atoms with Gasteiger partial charge in [0.2, 0.25) is 5.91 Å². The predicted molar refractivity (Wildman–Crippen MR) is 117 cm³/mol. The number of benzene rings is 1. The number of halogens is 1. The van der Waals surface area contributed by atoms with Gasteiger partial charge in [-0.25, -0.2) is 0 Å². The predicted octanol–water partition coefficient (Wildman–Crippen LogP) is 3.16. The van der Waals surface area contributed by atoms with E-state index in [1.165, 1.54) is 0 Å². The molecule has 2 saturated heterocycles. The van der Waals surface area contributed by atoms with E-state index in [9.17, 15) is 9.59 Å². The number of nitrogens with zero attached hydrogens (tertiary/aromatic N) is 3. The lowest BCUT2D eigenvalue weighted by Gasteiger charge is -2.37. The van der Waals surface area contributed by atoms with E-state index in [2.05, 4.69) is 15.9 Å². The minimum Gasteiger partial charge on any atom is -0.347 e. The summed E-state index contributed by atoms with van der Waals surface area (Å²) in [7, 11) is 0. The van der Waals surface area contributed by atoms with E-state index >= 15 is 0 Å². The highest BCUT2D eigenvalue weighted by Crippen LogP contribution is 2.31. The van der Waals surface area contributed by atoms with Gasteiger partial charge < -0.3 is 23.3 Å². The molecule has 0 atom stereocenters. The van der Waals surface area contributed by atoms with Crippen molar-refractivity contribution in [2.75, 3.05) is 26.3 Å². The first-order valence-corrected chi connectivity index (χ1v) is 11.2. The third-order valence-electron chi connectivity index (χ3n) is 6.16. The normalized spacial score (nSPS) is 18.6. The molecule has 2 aliphatic rings. The molecule has 0 saturated carbocycles. The Morgan fingerprint density at radius 3 is 2.60 bits per heavy atom. The minimum absolute atomic E-state index is 0.0338. The van der Waals surface area contributed by atoms with Gasteiger partial charge in [-0.15, -0.1) is 0 Å². The van der Waals surface area contributed by atoms with Gasteiger partial charge in [0.1, 0.15) is 5.52 Å². The summed E-state index contributed by atoms with van der Waals surface area (Å²) in [6, 6.07) is 9.66. The molecule has 30 heavy (non-hydrogen) atoms. The zero-order valence-electron chi connectivity index (χ0n) is 16.7. The Morgan fingerprint density at radius 1 is 1.07 bits per heavy atom. The fraction of sp³-hybridized carbons (Fsp3) is 0.455. The summed E-state index contributed by atoms with van der Waals surface area (Å²) < 4.78 is 16.1. The molecule has 4 heterocycles. The first-order chi connectivity index (χ1) is 14.6. The summed E-state index contributed by atoms with van der Waals surface area (Å²) in [4.78, 5) is 27.6. The Labute approximate surface area is 182 Å². The summed E-state index contributed by atoms with van der Waals surface area (Å²) in [5.41, 5.74) is 2.45. The van der Waals surface area contributed by atoms with Crippen LogP contribution >= 0.6 is 15.9 Å². The summed E-state index contributed by atoms with van der Waals surface area (Å²) in [5.74, 6) is -0.339. The number of carbonyl (C=O) groups is 1. The monoisotopic (exact) mass is 473 g/mol. The number of rotatable bonds is 4. The number of hydrogen-bond donors (Lipinski definition) is 0. The van der Waals surface area contributed by atoms with Crippen molar-refractivity contribution < 1.29 is 14.3 Å². The van der Waals surface area contributed by atoms with Crippen molar-refractivity contribution in [3.05, 3.63) is 51.4 Å². The Bertz CT molecular complexity index is 1150. The topological polar surface area (TPSA) is 65.2 Å². The second-order valence-corrected chi connectivity index (χ2v) is 8.86. The Hall–Kier alpha value is -2.16. The van der Waals surface area contributed by atoms with Gasteiger partial charge in [0.25, 0.3) is 5.56 Å². The van der Waals surface area contributed by atoms with Crippen LogP contribution in [-0.2, 0) is 20.8 Å². The van der Waals surface area contributed by atoms with E-state index in [0.29, 0.717) is 51.2 Å². The summed E-state index contributed by atoms with van der Waals surface area (Å²) in [5, 5.41) is 0. The molecule has 1 spiro atoms. The Kier molecular flexibility index (Phi) is 5.16. The zero-order valence-corrected chi connectivity index (χ0v) is 18.3. The lowest BCUT2D eigenvalue weighted by Crippen LogP contribution is -2.47. The zero-order chi connectivity index (χ0) is 20.7. The average Bonchev–Trinajstić information content (AvgIpc) is 3.41. The number of likely N-dealkylation sites (tertiary alicyclic amines) is 1. The van der Waals surface area contributed by atoms with Gasteiger partial charge in [-0.3, -0.25) is 9.59 Å². The molecule has 3 aromatic rings. The molecular formula is C22H24BrN3O4. The van der Waals surface area contributed by atoms with Crippen molar-refractivity contribution >= 4 is 38.4 Å². The highest BCUT2D eigenvalue weighted by molar-refractivity contribution is 9.10. The van der Waals surface area contributed by atoms with Crippen LogP contribution in [0.15, 0.2) is 45.8 Å². The van der Waals surface area contributed by atoms with Crippen molar-refractivity contribution in [1.82, 2.24) is 13.9 Å². The molecule has 158 valence electrons. The standard InChI is InChI=1S/C22H24BrN3O4/c23-16-5-6-17-19(15-16)26(21(28)18-3-1-9-25(17)18)10-2-4-20(27)24-11-7-22(8-12-24)29-13-14-30-22/h1,3,5-6,9,15H,2,4,7-8,10-14H2.